The second-order valence-electron chi connectivity index (χ2n) is 7.80. The number of hydrogen-bond donors (Lipinski definition) is 1. The second-order valence-corrected chi connectivity index (χ2v) is 8.21. The zero-order valence-electron chi connectivity index (χ0n) is 16.5. The van der Waals surface area contributed by atoms with Crippen LogP contribution in [0.3, 0.4) is 0 Å². The zero-order valence-corrected chi connectivity index (χ0v) is 17.2. The quantitative estimate of drug-likeness (QED) is 0.641. The van der Waals surface area contributed by atoms with Crippen LogP contribution in [0.2, 0.25) is 5.02 Å². The summed E-state index contributed by atoms with van der Waals surface area (Å²) in [6.07, 6.45) is 0.877. The van der Waals surface area contributed by atoms with Gasteiger partial charge in [0.25, 0.3) is 5.91 Å². The van der Waals surface area contributed by atoms with Crippen molar-refractivity contribution in [2.24, 2.45) is 5.73 Å². The minimum Gasteiger partial charge on any atom is -0.363 e. The number of carbonyl (C=O) groups excluding carboxylic acids is 2. The average molecular weight is 404 g/mol. The minimum atomic E-state index is -0.984. The van der Waals surface area contributed by atoms with Crippen LogP contribution in [0.1, 0.15) is 27.8 Å². The van der Waals surface area contributed by atoms with Crippen molar-refractivity contribution in [1.29, 1.82) is 0 Å². The summed E-state index contributed by atoms with van der Waals surface area (Å²) < 4.78 is 0. The first kappa shape index (κ1) is 19.4. The SMILES string of the molecule is Cc1cccc([C@]2(C(=O)C(N)=O)Cc3cccc(-c4ccccc4Cl)c3C2)c1C. The van der Waals surface area contributed by atoms with Crippen LogP contribution in [0.4, 0.5) is 0 Å². The first-order valence-corrected chi connectivity index (χ1v) is 9.99. The number of ketones is 1. The molecule has 4 rings (SSSR count). The number of rotatable bonds is 4. The van der Waals surface area contributed by atoms with Crippen molar-refractivity contribution in [3.63, 3.8) is 0 Å². The normalized spacial score (nSPS) is 17.8. The van der Waals surface area contributed by atoms with Gasteiger partial charge in [-0.1, -0.05) is 66.2 Å². The number of hydrogen-bond acceptors (Lipinski definition) is 2. The zero-order chi connectivity index (χ0) is 20.8. The molecule has 0 spiro atoms. The van der Waals surface area contributed by atoms with Gasteiger partial charge in [0.05, 0.1) is 5.41 Å². The molecule has 0 unspecified atom stereocenters. The lowest BCUT2D eigenvalue weighted by molar-refractivity contribution is -0.139. The maximum absolute atomic E-state index is 13.2. The molecular weight excluding hydrogens is 382 g/mol. The molecule has 3 aromatic rings. The number of aryl methyl sites for hydroxylation is 1. The fourth-order valence-electron chi connectivity index (χ4n) is 4.61. The maximum atomic E-state index is 13.2. The Morgan fingerprint density at radius 2 is 1.59 bits per heavy atom. The van der Waals surface area contributed by atoms with Crippen LogP contribution >= 0.6 is 11.6 Å². The minimum absolute atomic E-state index is 0.426. The highest BCUT2D eigenvalue weighted by atomic mass is 35.5. The Labute approximate surface area is 175 Å². The highest BCUT2D eigenvalue weighted by molar-refractivity contribution is 6.39. The lowest BCUT2D eigenvalue weighted by Crippen LogP contribution is -2.45. The van der Waals surface area contributed by atoms with Gasteiger partial charge in [0, 0.05) is 10.6 Å². The van der Waals surface area contributed by atoms with Gasteiger partial charge in [-0.2, -0.15) is 0 Å². The lowest BCUT2D eigenvalue weighted by Gasteiger charge is -2.29. The molecule has 29 heavy (non-hydrogen) atoms. The molecule has 0 bridgehead atoms. The molecule has 4 heteroatoms. The molecule has 0 saturated carbocycles. The van der Waals surface area contributed by atoms with Crippen LogP contribution in [0.25, 0.3) is 11.1 Å². The number of halogens is 1. The van der Waals surface area contributed by atoms with Crippen molar-refractivity contribution in [2.75, 3.05) is 0 Å². The summed E-state index contributed by atoms with van der Waals surface area (Å²) >= 11 is 6.47. The molecule has 0 aliphatic heterocycles. The fraction of sp³-hybridized carbons (Fsp3) is 0.200. The van der Waals surface area contributed by atoms with E-state index in [1.54, 1.807) is 0 Å². The number of carbonyl (C=O) groups is 2. The molecular formula is C25H22ClNO2. The van der Waals surface area contributed by atoms with Gasteiger partial charge >= 0.3 is 0 Å². The van der Waals surface area contributed by atoms with Crippen LogP contribution in [0, 0.1) is 13.8 Å². The van der Waals surface area contributed by atoms with E-state index < -0.39 is 17.1 Å². The van der Waals surface area contributed by atoms with Crippen LogP contribution in [0.15, 0.2) is 60.7 Å². The van der Waals surface area contributed by atoms with E-state index in [2.05, 4.69) is 0 Å². The monoisotopic (exact) mass is 403 g/mol. The molecule has 3 aromatic carbocycles. The number of benzene rings is 3. The predicted octanol–water partition coefficient (Wildman–Crippen LogP) is 4.71. The largest absolute Gasteiger partial charge is 0.363 e. The lowest BCUT2D eigenvalue weighted by atomic mass is 9.71. The summed E-state index contributed by atoms with van der Waals surface area (Å²) in [5.41, 5.74) is 11.6. The molecule has 0 fully saturated rings. The van der Waals surface area contributed by atoms with Crippen molar-refractivity contribution in [1.82, 2.24) is 0 Å². The molecule has 1 atom stereocenters. The Kier molecular flexibility index (Phi) is 4.79. The van der Waals surface area contributed by atoms with Crippen LogP contribution in [-0.2, 0) is 27.8 Å². The number of primary amides is 1. The molecule has 0 saturated heterocycles. The molecule has 0 radical (unpaired) electrons. The van der Waals surface area contributed by atoms with Crippen molar-refractivity contribution in [3.8, 4) is 11.1 Å². The van der Waals surface area contributed by atoms with E-state index in [1.807, 2.05) is 74.5 Å². The third kappa shape index (κ3) is 3.06. The standard InChI is InChI=1S/C25H22ClNO2/c1-15-7-5-11-21(16(15)2)25(23(28)24(27)29)13-17-8-6-10-18(20(17)14-25)19-9-3-4-12-22(19)26/h3-12H,13-14H2,1-2H3,(H2,27,29)/t25-/m0/s1. The number of fused-ring (bicyclic) bond motifs is 1. The van der Waals surface area contributed by atoms with Gasteiger partial charge in [0.2, 0.25) is 5.78 Å². The Morgan fingerprint density at radius 3 is 2.31 bits per heavy atom. The average Bonchev–Trinajstić information content (AvgIpc) is 3.10. The van der Waals surface area contributed by atoms with Gasteiger partial charge in [-0.25, -0.2) is 0 Å². The van der Waals surface area contributed by atoms with E-state index in [1.165, 1.54) is 0 Å². The molecule has 1 aliphatic carbocycles. The van der Waals surface area contributed by atoms with E-state index >= 15 is 0 Å². The van der Waals surface area contributed by atoms with Gasteiger partial charge in [-0.15, -0.1) is 0 Å². The topological polar surface area (TPSA) is 60.2 Å². The maximum Gasteiger partial charge on any atom is 0.285 e. The van der Waals surface area contributed by atoms with E-state index in [-0.39, 0.29) is 0 Å². The van der Waals surface area contributed by atoms with Gasteiger partial charge in [0.1, 0.15) is 0 Å². The molecule has 146 valence electrons. The number of amides is 1. The van der Waals surface area contributed by atoms with Crippen molar-refractivity contribution >= 4 is 23.3 Å². The Morgan fingerprint density at radius 1 is 0.897 bits per heavy atom. The third-order valence-corrected chi connectivity index (χ3v) is 6.52. The van der Waals surface area contributed by atoms with E-state index in [0.29, 0.717) is 17.9 Å². The number of Topliss-reactive ketones (excluding diaryl/α,β-unsaturated/α-hetero) is 1. The Hall–Kier alpha value is -2.91. The van der Waals surface area contributed by atoms with E-state index in [0.717, 1.165) is 38.9 Å². The van der Waals surface area contributed by atoms with Crippen LogP contribution in [0.5, 0.6) is 0 Å². The summed E-state index contributed by atoms with van der Waals surface area (Å²) in [4.78, 5) is 25.3. The molecule has 1 aliphatic rings. The molecule has 0 heterocycles. The van der Waals surface area contributed by atoms with E-state index in [9.17, 15) is 9.59 Å². The van der Waals surface area contributed by atoms with Gasteiger partial charge in [-0.05, 0) is 66.1 Å². The van der Waals surface area contributed by atoms with Crippen molar-refractivity contribution < 1.29 is 9.59 Å². The predicted molar refractivity (Wildman–Crippen MR) is 116 cm³/mol. The van der Waals surface area contributed by atoms with Gasteiger partial charge in [-0.3, -0.25) is 9.59 Å². The number of nitrogens with two attached hydrogens (primary N) is 1. The fourth-order valence-corrected chi connectivity index (χ4v) is 4.85. The molecule has 3 nitrogen and oxygen atoms in total. The van der Waals surface area contributed by atoms with Crippen LogP contribution in [-0.4, -0.2) is 11.7 Å². The summed E-state index contributed by atoms with van der Waals surface area (Å²) in [7, 11) is 0. The van der Waals surface area contributed by atoms with Crippen molar-refractivity contribution in [2.45, 2.75) is 32.1 Å². The third-order valence-electron chi connectivity index (χ3n) is 6.19. The molecule has 1 amide bonds. The Balaban J connectivity index is 1.94. The Bertz CT molecular complexity index is 1150. The van der Waals surface area contributed by atoms with Crippen LogP contribution < -0.4 is 5.73 Å². The van der Waals surface area contributed by atoms with E-state index in [4.69, 9.17) is 17.3 Å². The summed E-state index contributed by atoms with van der Waals surface area (Å²) in [5, 5.41) is 0.659. The van der Waals surface area contributed by atoms with Gasteiger partial charge in [0.15, 0.2) is 0 Å². The molecule has 0 aromatic heterocycles. The second kappa shape index (κ2) is 7.16. The molecule has 2 N–H and O–H groups in total. The van der Waals surface area contributed by atoms with Crippen molar-refractivity contribution in [3.05, 3.63) is 93.5 Å². The summed E-state index contributed by atoms with van der Waals surface area (Å²) in [6, 6.07) is 19.6. The highest BCUT2D eigenvalue weighted by Crippen LogP contribution is 2.46. The first-order chi connectivity index (χ1) is 13.8. The van der Waals surface area contributed by atoms with Gasteiger partial charge < -0.3 is 5.73 Å². The smallest absolute Gasteiger partial charge is 0.285 e. The summed E-state index contributed by atoms with van der Waals surface area (Å²) in [5.74, 6) is -1.43. The highest BCUT2D eigenvalue weighted by Gasteiger charge is 2.48. The first-order valence-electron chi connectivity index (χ1n) is 9.62. The summed E-state index contributed by atoms with van der Waals surface area (Å²) in [6.45, 7) is 4.01.